The van der Waals surface area contributed by atoms with E-state index >= 15 is 0 Å². The average Bonchev–Trinajstić information content (AvgIpc) is 2.12. The number of nitrogens with zero attached hydrogens (tertiary/aromatic N) is 1. The molecule has 0 aliphatic carbocycles. The molecule has 0 N–H and O–H groups in total. The Bertz CT molecular complexity index is 84.9. The molecular weight excluding hydrogens is 117 g/mol. The van der Waals surface area contributed by atoms with E-state index in [4.69, 9.17) is 0 Å². The van der Waals surface area contributed by atoms with Crippen LogP contribution >= 0.6 is 0 Å². The number of alkyl halides is 1. The Morgan fingerprint density at radius 1 is 1.67 bits per heavy atom. The molecule has 0 radical (unpaired) electrons. The molecule has 1 heterocycles. The van der Waals surface area contributed by atoms with Crippen LogP contribution in [0, 0.1) is 5.92 Å². The van der Waals surface area contributed by atoms with Crippen molar-refractivity contribution in [3.8, 4) is 0 Å². The van der Waals surface area contributed by atoms with E-state index in [-0.39, 0.29) is 12.7 Å². The van der Waals surface area contributed by atoms with Gasteiger partial charge in [0.1, 0.15) is 6.67 Å². The first-order valence-electron chi connectivity index (χ1n) is 3.52. The summed E-state index contributed by atoms with van der Waals surface area (Å²) in [6.45, 7) is 3.00. The molecule has 0 amide bonds. The maximum absolute atomic E-state index is 12.2. The summed E-state index contributed by atoms with van der Waals surface area (Å²) in [4.78, 5) is 2.10. The van der Waals surface area contributed by atoms with Gasteiger partial charge in [-0.25, -0.2) is 4.39 Å². The van der Waals surface area contributed by atoms with Crippen LogP contribution in [-0.2, 0) is 0 Å². The zero-order valence-corrected chi connectivity index (χ0v) is 6.10. The monoisotopic (exact) mass is 131 g/mol. The van der Waals surface area contributed by atoms with E-state index in [9.17, 15) is 4.39 Å². The second kappa shape index (κ2) is 2.65. The highest BCUT2D eigenvalue weighted by molar-refractivity contribution is 4.81. The highest BCUT2D eigenvalue weighted by atomic mass is 19.1. The van der Waals surface area contributed by atoms with Crippen molar-refractivity contribution in [1.82, 2.24) is 4.90 Å². The molecule has 0 bridgehead atoms. The Kier molecular flexibility index (Phi) is 2.06. The summed E-state index contributed by atoms with van der Waals surface area (Å²) >= 11 is 0. The Balaban J connectivity index is 2.44. The molecule has 1 aliphatic heterocycles. The van der Waals surface area contributed by atoms with Crippen LogP contribution in [0.15, 0.2) is 0 Å². The van der Waals surface area contributed by atoms with Crippen molar-refractivity contribution < 1.29 is 4.39 Å². The Labute approximate surface area is 55.8 Å². The highest BCUT2D eigenvalue weighted by Gasteiger charge is 2.27. The van der Waals surface area contributed by atoms with Crippen molar-refractivity contribution >= 4 is 0 Å². The molecule has 9 heavy (non-hydrogen) atoms. The van der Waals surface area contributed by atoms with Crippen molar-refractivity contribution in [2.24, 2.45) is 5.92 Å². The molecule has 0 spiro atoms. The van der Waals surface area contributed by atoms with E-state index < -0.39 is 0 Å². The van der Waals surface area contributed by atoms with Gasteiger partial charge in [-0.1, -0.05) is 6.92 Å². The van der Waals surface area contributed by atoms with Gasteiger partial charge in [0.15, 0.2) is 0 Å². The predicted octanol–water partition coefficient (Wildman–Crippen LogP) is 1.30. The number of hydrogen-bond donors (Lipinski definition) is 0. The lowest BCUT2D eigenvalue weighted by Gasteiger charge is -2.18. The van der Waals surface area contributed by atoms with Gasteiger partial charge in [-0.3, -0.25) is 0 Å². The largest absolute Gasteiger partial charge is 0.301 e. The van der Waals surface area contributed by atoms with E-state index in [0.717, 1.165) is 13.0 Å². The Hall–Kier alpha value is -0.110. The fourth-order valence-corrected chi connectivity index (χ4v) is 1.47. The van der Waals surface area contributed by atoms with E-state index in [1.807, 2.05) is 7.05 Å². The minimum absolute atomic E-state index is 0.183. The van der Waals surface area contributed by atoms with Crippen LogP contribution in [0.25, 0.3) is 0 Å². The van der Waals surface area contributed by atoms with Crippen LogP contribution in [0.3, 0.4) is 0 Å². The molecule has 54 valence electrons. The molecule has 0 aromatic rings. The zero-order valence-electron chi connectivity index (χ0n) is 6.10. The molecule has 0 aromatic carbocycles. The Morgan fingerprint density at radius 3 is 2.56 bits per heavy atom. The molecule has 2 atom stereocenters. The molecule has 1 fully saturated rings. The van der Waals surface area contributed by atoms with Crippen molar-refractivity contribution in [2.75, 3.05) is 20.3 Å². The summed E-state index contributed by atoms with van der Waals surface area (Å²) in [7, 11) is 1.99. The summed E-state index contributed by atoms with van der Waals surface area (Å²) in [5, 5.41) is 0. The lowest BCUT2D eigenvalue weighted by atomic mass is 10.0. The van der Waals surface area contributed by atoms with Gasteiger partial charge in [-0.15, -0.1) is 0 Å². The van der Waals surface area contributed by atoms with Crippen LogP contribution in [0.5, 0.6) is 0 Å². The van der Waals surface area contributed by atoms with Gasteiger partial charge in [-0.05, 0) is 25.9 Å². The van der Waals surface area contributed by atoms with Crippen molar-refractivity contribution in [1.29, 1.82) is 0 Å². The van der Waals surface area contributed by atoms with Crippen molar-refractivity contribution in [3.63, 3.8) is 0 Å². The van der Waals surface area contributed by atoms with Gasteiger partial charge in [0.2, 0.25) is 0 Å². The van der Waals surface area contributed by atoms with Gasteiger partial charge in [0.25, 0.3) is 0 Å². The first kappa shape index (κ1) is 7.00. The Morgan fingerprint density at radius 2 is 2.33 bits per heavy atom. The molecule has 1 saturated heterocycles. The van der Waals surface area contributed by atoms with Crippen molar-refractivity contribution in [2.45, 2.75) is 19.4 Å². The van der Waals surface area contributed by atoms with E-state index in [0.29, 0.717) is 5.92 Å². The maximum Gasteiger partial charge on any atom is 0.105 e. The molecule has 2 heteroatoms. The topological polar surface area (TPSA) is 3.24 Å². The van der Waals surface area contributed by atoms with Crippen molar-refractivity contribution in [3.05, 3.63) is 0 Å². The molecule has 0 aromatic heterocycles. The first-order chi connectivity index (χ1) is 4.25. The summed E-state index contributed by atoms with van der Waals surface area (Å²) in [6.07, 6.45) is 1.16. The SMILES string of the molecule is CC1CCN(C)C1CF. The van der Waals surface area contributed by atoms with E-state index in [1.54, 1.807) is 0 Å². The number of rotatable bonds is 1. The standard InChI is InChI=1S/C7H14FN/c1-6-3-4-9(2)7(6)5-8/h6-7H,3-5H2,1-2H3. The van der Waals surface area contributed by atoms with Gasteiger partial charge >= 0.3 is 0 Å². The smallest absolute Gasteiger partial charge is 0.105 e. The molecular formula is C7H14FN. The van der Waals surface area contributed by atoms with Crippen LogP contribution in [-0.4, -0.2) is 31.2 Å². The lowest BCUT2D eigenvalue weighted by molar-refractivity contribution is 0.227. The quantitative estimate of drug-likeness (QED) is 0.518. The summed E-state index contributed by atoms with van der Waals surface area (Å²) in [5.41, 5.74) is 0. The van der Waals surface area contributed by atoms with Gasteiger partial charge in [-0.2, -0.15) is 0 Å². The summed E-state index contributed by atoms with van der Waals surface area (Å²) < 4.78 is 12.2. The first-order valence-corrected chi connectivity index (χ1v) is 3.52. The van der Waals surface area contributed by atoms with Crippen LogP contribution in [0.4, 0.5) is 4.39 Å². The van der Waals surface area contributed by atoms with Crippen LogP contribution in [0.2, 0.25) is 0 Å². The highest BCUT2D eigenvalue weighted by Crippen LogP contribution is 2.21. The number of likely N-dealkylation sites (tertiary alicyclic amines) is 1. The molecule has 0 saturated carbocycles. The van der Waals surface area contributed by atoms with Crippen LogP contribution in [0.1, 0.15) is 13.3 Å². The lowest BCUT2D eigenvalue weighted by Crippen LogP contribution is -2.30. The molecule has 1 rings (SSSR count). The third-order valence-corrected chi connectivity index (χ3v) is 2.32. The predicted molar refractivity (Wildman–Crippen MR) is 36.2 cm³/mol. The maximum atomic E-state index is 12.2. The second-order valence-corrected chi connectivity index (χ2v) is 2.97. The van der Waals surface area contributed by atoms with Gasteiger partial charge < -0.3 is 4.90 Å². The minimum Gasteiger partial charge on any atom is -0.301 e. The fraction of sp³-hybridized carbons (Fsp3) is 1.00. The summed E-state index contributed by atoms with van der Waals surface area (Å²) in [6, 6.07) is 0.199. The molecule has 1 aliphatic rings. The van der Waals surface area contributed by atoms with E-state index in [1.165, 1.54) is 0 Å². The number of hydrogen-bond acceptors (Lipinski definition) is 1. The second-order valence-electron chi connectivity index (χ2n) is 2.97. The zero-order chi connectivity index (χ0) is 6.85. The summed E-state index contributed by atoms with van der Waals surface area (Å²) in [5.74, 6) is 0.556. The third kappa shape index (κ3) is 1.23. The van der Waals surface area contributed by atoms with Gasteiger partial charge in [0.05, 0.1) is 0 Å². The molecule has 1 nitrogen and oxygen atoms in total. The normalized spacial score (nSPS) is 37.7. The average molecular weight is 131 g/mol. The van der Waals surface area contributed by atoms with Crippen LogP contribution < -0.4 is 0 Å². The van der Waals surface area contributed by atoms with Gasteiger partial charge in [0, 0.05) is 6.04 Å². The third-order valence-electron chi connectivity index (χ3n) is 2.32. The minimum atomic E-state index is -0.183. The fourth-order valence-electron chi connectivity index (χ4n) is 1.47. The number of halogens is 1. The van der Waals surface area contributed by atoms with E-state index in [2.05, 4.69) is 11.8 Å². The molecule has 2 unspecified atom stereocenters.